The van der Waals surface area contributed by atoms with E-state index in [4.69, 9.17) is 9.47 Å². The van der Waals surface area contributed by atoms with Crippen LogP contribution < -0.4 is 0 Å². The molecular weight excluding hydrogens is 228 g/mol. The minimum Gasteiger partial charge on any atom is -0.346 e. The Morgan fingerprint density at radius 1 is 1.11 bits per heavy atom. The van der Waals surface area contributed by atoms with Gasteiger partial charge in [-0.2, -0.15) is 0 Å². The van der Waals surface area contributed by atoms with Crippen LogP contribution in [0.5, 0.6) is 0 Å². The molecule has 1 aliphatic heterocycles. The average molecular weight is 252 g/mol. The maximum atomic E-state index is 12.2. The zero-order valence-corrected chi connectivity index (χ0v) is 11.4. The molecule has 2 aliphatic carbocycles. The summed E-state index contributed by atoms with van der Waals surface area (Å²) in [6, 6.07) is 0. The van der Waals surface area contributed by atoms with E-state index in [1.54, 1.807) is 0 Å². The molecule has 0 aromatic carbocycles. The van der Waals surface area contributed by atoms with Crippen LogP contribution in [0.25, 0.3) is 0 Å². The molecule has 2 saturated carbocycles. The molecular formula is C15H24O3. The van der Waals surface area contributed by atoms with Gasteiger partial charge in [-0.15, -0.1) is 0 Å². The normalized spacial score (nSPS) is 41.9. The van der Waals surface area contributed by atoms with E-state index in [0.29, 0.717) is 6.10 Å². The van der Waals surface area contributed by atoms with Crippen molar-refractivity contribution in [3.63, 3.8) is 0 Å². The van der Waals surface area contributed by atoms with Gasteiger partial charge >= 0.3 is 0 Å². The molecule has 0 unspecified atom stereocenters. The van der Waals surface area contributed by atoms with Gasteiger partial charge in [0, 0.05) is 6.42 Å². The Hall–Kier alpha value is -0.410. The summed E-state index contributed by atoms with van der Waals surface area (Å²) in [5.41, 5.74) is -0.386. The molecule has 3 rings (SSSR count). The number of ether oxygens (including phenoxy) is 2. The first-order chi connectivity index (χ1) is 8.66. The number of fused-ring (bicyclic) bond motifs is 1. The number of carbonyl (C=O) groups is 1. The molecule has 0 N–H and O–H groups in total. The standard InChI is InChI=1S/C15H24O3/c1-14-9-5-6-10-15(14,17-11-13(14)16)18-12-7-3-2-4-8-12/h12H,2-11H2,1H3/t14-,15+/m1/s1. The van der Waals surface area contributed by atoms with Crippen LogP contribution in [0.4, 0.5) is 0 Å². The van der Waals surface area contributed by atoms with E-state index < -0.39 is 5.79 Å². The van der Waals surface area contributed by atoms with Crippen LogP contribution in [-0.2, 0) is 14.3 Å². The Morgan fingerprint density at radius 2 is 1.83 bits per heavy atom. The lowest BCUT2D eigenvalue weighted by Gasteiger charge is -2.46. The zero-order chi connectivity index (χ0) is 12.6. The Morgan fingerprint density at radius 3 is 2.61 bits per heavy atom. The zero-order valence-electron chi connectivity index (χ0n) is 11.4. The summed E-state index contributed by atoms with van der Waals surface area (Å²) in [5, 5.41) is 0. The lowest BCUT2D eigenvalue weighted by atomic mass is 9.69. The van der Waals surface area contributed by atoms with Crippen molar-refractivity contribution < 1.29 is 14.3 Å². The summed E-state index contributed by atoms with van der Waals surface area (Å²) >= 11 is 0. The van der Waals surface area contributed by atoms with Crippen LogP contribution in [0.1, 0.15) is 64.7 Å². The van der Waals surface area contributed by atoms with Crippen LogP contribution in [0.15, 0.2) is 0 Å². The highest BCUT2D eigenvalue weighted by atomic mass is 16.7. The van der Waals surface area contributed by atoms with Crippen molar-refractivity contribution in [3.05, 3.63) is 0 Å². The average Bonchev–Trinajstić information content (AvgIpc) is 2.65. The molecule has 0 aromatic heterocycles. The molecule has 0 spiro atoms. The largest absolute Gasteiger partial charge is 0.346 e. The molecule has 2 atom stereocenters. The highest BCUT2D eigenvalue weighted by Gasteiger charge is 2.61. The maximum Gasteiger partial charge on any atom is 0.181 e. The third-order valence-electron chi connectivity index (χ3n) is 5.23. The van der Waals surface area contributed by atoms with E-state index >= 15 is 0 Å². The van der Waals surface area contributed by atoms with Crippen molar-refractivity contribution >= 4 is 5.78 Å². The van der Waals surface area contributed by atoms with Gasteiger partial charge in [0.2, 0.25) is 0 Å². The minimum absolute atomic E-state index is 0.248. The highest BCUT2D eigenvalue weighted by Crippen LogP contribution is 2.52. The van der Waals surface area contributed by atoms with Gasteiger partial charge in [-0.1, -0.05) is 25.7 Å². The van der Waals surface area contributed by atoms with Crippen molar-refractivity contribution in [1.82, 2.24) is 0 Å². The lowest BCUT2D eigenvalue weighted by molar-refractivity contribution is -0.291. The summed E-state index contributed by atoms with van der Waals surface area (Å²) in [6.45, 7) is 2.31. The fourth-order valence-corrected chi connectivity index (χ4v) is 3.90. The number of carbonyl (C=O) groups excluding carboxylic acids is 1. The van der Waals surface area contributed by atoms with Gasteiger partial charge in [-0.3, -0.25) is 4.79 Å². The summed E-state index contributed by atoms with van der Waals surface area (Å²) < 4.78 is 12.3. The van der Waals surface area contributed by atoms with E-state index in [2.05, 4.69) is 6.92 Å². The number of hydrogen-bond donors (Lipinski definition) is 0. The van der Waals surface area contributed by atoms with Crippen molar-refractivity contribution in [3.8, 4) is 0 Å². The second-order valence-corrected chi connectivity index (χ2v) is 6.38. The quantitative estimate of drug-likeness (QED) is 0.757. The Balaban J connectivity index is 1.79. The molecule has 3 fully saturated rings. The van der Waals surface area contributed by atoms with Gasteiger partial charge in [0.25, 0.3) is 0 Å². The SMILES string of the molecule is C[C@]12CCCC[C@@]1(OC1CCCCC1)OCC2=O. The van der Waals surface area contributed by atoms with Gasteiger partial charge in [0.1, 0.15) is 6.61 Å². The number of Topliss-reactive ketones (excluding diaryl/α,β-unsaturated/α-hetero) is 1. The molecule has 3 nitrogen and oxygen atoms in total. The van der Waals surface area contributed by atoms with Gasteiger partial charge in [0.05, 0.1) is 11.5 Å². The van der Waals surface area contributed by atoms with Crippen LogP contribution in [0.2, 0.25) is 0 Å². The van der Waals surface area contributed by atoms with Crippen LogP contribution in [-0.4, -0.2) is 24.3 Å². The van der Waals surface area contributed by atoms with Crippen molar-refractivity contribution in [2.24, 2.45) is 5.41 Å². The van der Waals surface area contributed by atoms with Crippen molar-refractivity contribution in [2.75, 3.05) is 6.61 Å². The second-order valence-electron chi connectivity index (χ2n) is 6.38. The molecule has 102 valence electrons. The van der Waals surface area contributed by atoms with E-state index in [1.807, 2.05) is 0 Å². The first-order valence-electron chi connectivity index (χ1n) is 7.51. The predicted octanol–water partition coefficient (Wildman–Crippen LogP) is 3.21. The van der Waals surface area contributed by atoms with Crippen LogP contribution in [0, 0.1) is 5.41 Å². The monoisotopic (exact) mass is 252 g/mol. The van der Waals surface area contributed by atoms with Crippen LogP contribution >= 0.6 is 0 Å². The summed E-state index contributed by atoms with van der Waals surface area (Å²) in [6.07, 6.45) is 10.5. The van der Waals surface area contributed by atoms with Crippen molar-refractivity contribution in [1.29, 1.82) is 0 Å². The van der Waals surface area contributed by atoms with E-state index in [0.717, 1.165) is 38.5 Å². The predicted molar refractivity (Wildman–Crippen MR) is 68.2 cm³/mol. The Bertz CT molecular complexity index is 335. The number of ketones is 1. The molecule has 0 aromatic rings. The molecule has 1 saturated heterocycles. The lowest BCUT2D eigenvalue weighted by Crippen LogP contribution is -2.52. The molecule has 0 amide bonds. The van der Waals surface area contributed by atoms with E-state index in [9.17, 15) is 4.79 Å². The van der Waals surface area contributed by atoms with Crippen LogP contribution in [0.3, 0.4) is 0 Å². The molecule has 3 heteroatoms. The first-order valence-corrected chi connectivity index (χ1v) is 7.51. The maximum absolute atomic E-state index is 12.2. The fraction of sp³-hybridized carbons (Fsp3) is 0.933. The topological polar surface area (TPSA) is 35.5 Å². The molecule has 0 bridgehead atoms. The molecule has 3 aliphatic rings. The third-order valence-corrected chi connectivity index (χ3v) is 5.23. The second kappa shape index (κ2) is 4.61. The summed E-state index contributed by atoms with van der Waals surface area (Å²) in [5.74, 6) is -0.345. The summed E-state index contributed by atoms with van der Waals surface area (Å²) in [7, 11) is 0. The Labute approximate surface area is 109 Å². The first kappa shape index (κ1) is 12.6. The smallest absolute Gasteiger partial charge is 0.181 e. The van der Waals surface area contributed by atoms with Gasteiger partial charge in [0.15, 0.2) is 11.6 Å². The van der Waals surface area contributed by atoms with Gasteiger partial charge in [-0.25, -0.2) is 0 Å². The fourth-order valence-electron chi connectivity index (χ4n) is 3.90. The van der Waals surface area contributed by atoms with E-state index in [1.165, 1.54) is 19.3 Å². The molecule has 1 heterocycles. The number of rotatable bonds is 2. The molecule has 0 radical (unpaired) electrons. The molecule has 18 heavy (non-hydrogen) atoms. The highest BCUT2D eigenvalue weighted by molar-refractivity contribution is 5.88. The third kappa shape index (κ3) is 1.83. The summed E-state index contributed by atoms with van der Waals surface area (Å²) in [4.78, 5) is 12.2. The minimum atomic E-state index is -0.593. The Kier molecular flexibility index (Phi) is 3.23. The van der Waals surface area contributed by atoms with E-state index in [-0.39, 0.29) is 17.8 Å². The van der Waals surface area contributed by atoms with Crippen molar-refractivity contribution in [2.45, 2.75) is 76.6 Å². The van der Waals surface area contributed by atoms with Gasteiger partial charge < -0.3 is 9.47 Å². The number of hydrogen-bond acceptors (Lipinski definition) is 3. The van der Waals surface area contributed by atoms with Gasteiger partial charge in [-0.05, 0) is 32.6 Å².